The molecule has 2 aromatic rings. The first kappa shape index (κ1) is 20.4. The van der Waals surface area contributed by atoms with Crippen LogP contribution in [0.4, 0.5) is 13.2 Å². The first-order valence-corrected chi connectivity index (χ1v) is 8.73. The number of pyridine rings is 1. The van der Waals surface area contributed by atoms with Crippen LogP contribution in [0.25, 0.3) is 11.1 Å². The van der Waals surface area contributed by atoms with E-state index in [9.17, 15) is 18.0 Å². The number of nitrogens with zero attached hydrogens (tertiary/aromatic N) is 1. The number of benzene rings is 1. The molecule has 0 bridgehead atoms. The summed E-state index contributed by atoms with van der Waals surface area (Å²) in [5.74, 6) is -0.239. The highest BCUT2D eigenvalue weighted by Crippen LogP contribution is 2.37. The van der Waals surface area contributed by atoms with Gasteiger partial charge in [0, 0.05) is 12.7 Å². The fourth-order valence-electron chi connectivity index (χ4n) is 3.83. The number of ether oxygens (including phenoxy) is 1. The highest BCUT2D eigenvalue weighted by Gasteiger charge is 2.48. The van der Waals surface area contributed by atoms with Crippen molar-refractivity contribution in [3.63, 3.8) is 0 Å². The standard InChI is InChI=1S/C19H18F3N3O2.ClH/c20-19(21,22)27-14-3-1-2-12(10-14)13-5-8-23-16(11-13)15-4-6-18(25-15)7-9-24-17(18)26;/h1-3,5,8,10-11,15,25H,4,6-7,9H2,(H,24,26);1H/t15-,18+;/m1./s1. The third kappa shape index (κ3) is 4.07. The second-order valence-corrected chi connectivity index (χ2v) is 6.87. The zero-order chi connectivity index (χ0) is 19.1. The third-order valence-electron chi connectivity index (χ3n) is 5.12. The Kier molecular flexibility index (Phi) is 5.54. The molecule has 1 aromatic carbocycles. The number of aromatic nitrogens is 1. The molecular weight excluding hydrogens is 395 g/mol. The minimum Gasteiger partial charge on any atom is -0.406 e. The summed E-state index contributed by atoms with van der Waals surface area (Å²) in [6, 6.07) is 9.36. The molecule has 9 heteroatoms. The van der Waals surface area contributed by atoms with Crippen LogP contribution in [0.3, 0.4) is 0 Å². The second-order valence-electron chi connectivity index (χ2n) is 6.87. The average molecular weight is 414 g/mol. The minimum absolute atomic E-state index is 0. The molecule has 28 heavy (non-hydrogen) atoms. The Hall–Kier alpha value is -2.32. The van der Waals surface area contributed by atoms with E-state index < -0.39 is 11.9 Å². The van der Waals surface area contributed by atoms with Crippen molar-refractivity contribution >= 4 is 18.3 Å². The van der Waals surface area contributed by atoms with Crippen LogP contribution in [0.2, 0.25) is 0 Å². The number of nitrogens with one attached hydrogen (secondary N) is 2. The molecule has 2 N–H and O–H groups in total. The molecule has 1 amide bonds. The van der Waals surface area contributed by atoms with Crippen molar-refractivity contribution in [3.05, 3.63) is 48.3 Å². The van der Waals surface area contributed by atoms with Crippen molar-refractivity contribution < 1.29 is 22.7 Å². The summed E-state index contributed by atoms with van der Waals surface area (Å²) in [5, 5.41) is 6.26. The Morgan fingerprint density at radius 3 is 2.64 bits per heavy atom. The van der Waals surface area contributed by atoms with Gasteiger partial charge in [0.05, 0.1) is 11.7 Å². The Morgan fingerprint density at radius 1 is 1.14 bits per heavy atom. The van der Waals surface area contributed by atoms with E-state index in [1.54, 1.807) is 18.3 Å². The van der Waals surface area contributed by atoms with Crippen molar-refractivity contribution in [1.29, 1.82) is 0 Å². The summed E-state index contributed by atoms with van der Waals surface area (Å²) in [6.45, 7) is 0.665. The molecule has 0 saturated carbocycles. The van der Waals surface area contributed by atoms with Gasteiger partial charge in [0.1, 0.15) is 11.3 Å². The normalized spacial score (nSPS) is 24.1. The molecule has 1 aromatic heterocycles. The van der Waals surface area contributed by atoms with Crippen LogP contribution >= 0.6 is 12.4 Å². The molecule has 5 nitrogen and oxygen atoms in total. The fraction of sp³-hybridized carbons (Fsp3) is 0.368. The largest absolute Gasteiger partial charge is 0.573 e. The smallest absolute Gasteiger partial charge is 0.406 e. The topological polar surface area (TPSA) is 63.2 Å². The highest BCUT2D eigenvalue weighted by atomic mass is 35.5. The number of carbonyl (C=O) groups excluding carboxylic acids is 1. The van der Waals surface area contributed by atoms with Gasteiger partial charge < -0.3 is 10.1 Å². The second kappa shape index (κ2) is 7.60. The molecule has 2 aliphatic rings. The average Bonchev–Trinajstić information content (AvgIpc) is 3.21. The number of carbonyl (C=O) groups is 1. The Bertz CT molecular complexity index is 877. The molecule has 2 atom stereocenters. The number of amides is 1. The van der Waals surface area contributed by atoms with Crippen LogP contribution in [-0.4, -0.2) is 29.3 Å². The molecule has 2 saturated heterocycles. The van der Waals surface area contributed by atoms with Gasteiger partial charge >= 0.3 is 6.36 Å². The molecule has 0 unspecified atom stereocenters. The number of hydrogen-bond donors (Lipinski definition) is 2. The molecular formula is C19H19ClF3N3O2. The van der Waals surface area contributed by atoms with E-state index in [1.807, 2.05) is 6.07 Å². The van der Waals surface area contributed by atoms with Gasteiger partial charge in [0.2, 0.25) is 5.91 Å². The molecule has 0 aliphatic carbocycles. The van der Waals surface area contributed by atoms with E-state index in [0.29, 0.717) is 12.1 Å². The monoisotopic (exact) mass is 413 g/mol. The maximum atomic E-state index is 12.4. The highest BCUT2D eigenvalue weighted by molar-refractivity contribution is 5.88. The van der Waals surface area contributed by atoms with E-state index in [1.165, 1.54) is 18.2 Å². The number of hydrogen-bond acceptors (Lipinski definition) is 4. The lowest BCUT2D eigenvalue weighted by Crippen LogP contribution is -2.47. The van der Waals surface area contributed by atoms with E-state index in [4.69, 9.17) is 0 Å². The van der Waals surface area contributed by atoms with Gasteiger partial charge in [-0.05, 0) is 54.7 Å². The summed E-state index contributed by atoms with van der Waals surface area (Å²) < 4.78 is 41.3. The lowest BCUT2D eigenvalue weighted by Gasteiger charge is -2.21. The molecule has 3 heterocycles. The predicted octanol–water partition coefficient (Wildman–Crippen LogP) is 3.75. The maximum Gasteiger partial charge on any atom is 0.573 e. The van der Waals surface area contributed by atoms with Crippen LogP contribution in [0, 0.1) is 0 Å². The molecule has 0 radical (unpaired) electrons. The van der Waals surface area contributed by atoms with Crippen LogP contribution in [-0.2, 0) is 4.79 Å². The molecule has 150 valence electrons. The summed E-state index contributed by atoms with van der Waals surface area (Å²) >= 11 is 0. The van der Waals surface area contributed by atoms with E-state index in [2.05, 4.69) is 20.4 Å². The first-order chi connectivity index (χ1) is 12.8. The van der Waals surface area contributed by atoms with Crippen LogP contribution in [0.15, 0.2) is 42.6 Å². The van der Waals surface area contributed by atoms with Gasteiger partial charge in [0.15, 0.2) is 0 Å². The fourth-order valence-corrected chi connectivity index (χ4v) is 3.83. The van der Waals surface area contributed by atoms with Gasteiger partial charge in [-0.2, -0.15) is 0 Å². The van der Waals surface area contributed by atoms with Crippen molar-refractivity contribution in [2.24, 2.45) is 0 Å². The SMILES string of the molecule is Cl.O=C1NCC[C@@]12CC[C@H](c1cc(-c3cccc(OC(F)(F)F)c3)ccn1)N2. The summed E-state index contributed by atoms with van der Waals surface area (Å²) in [5.41, 5.74) is 1.59. The number of halogens is 4. The van der Waals surface area contributed by atoms with Crippen LogP contribution < -0.4 is 15.4 Å². The quantitative estimate of drug-likeness (QED) is 0.804. The third-order valence-corrected chi connectivity index (χ3v) is 5.12. The van der Waals surface area contributed by atoms with Crippen LogP contribution in [0.5, 0.6) is 5.75 Å². The molecule has 1 spiro atoms. The van der Waals surface area contributed by atoms with Crippen molar-refractivity contribution in [1.82, 2.24) is 15.6 Å². The summed E-state index contributed by atoms with van der Waals surface area (Å²) in [4.78, 5) is 16.5. The number of alkyl halides is 3. The van der Waals surface area contributed by atoms with E-state index in [0.717, 1.165) is 30.5 Å². The zero-order valence-corrected chi connectivity index (χ0v) is 15.6. The van der Waals surface area contributed by atoms with Gasteiger partial charge in [0.25, 0.3) is 0 Å². The first-order valence-electron chi connectivity index (χ1n) is 8.73. The van der Waals surface area contributed by atoms with E-state index in [-0.39, 0.29) is 30.1 Å². The zero-order valence-electron chi connectivity index (χ0n) is 14.8. The van der Waals surface area contributed by atoms with Crippen molar-refractivity contribution in [2.75, 3.05) is 6.54 Å². The summed E-state index contributed by atoms with van der Waals surface area (Å²) in [7, 11) is 0. The molecule has 2 aliphatic heterocycles. The lowest BCUT2D eigenvalue weighted by molar-refractivity contribution is -0.274. The Morgan fingerprint density at radius 2 is 1.93 bits per heavy atom. The molecule has 4 rings (SSSR count). The van der Waals surface area contributed by atoms with Gasteiger partial charge in [-0.15, -0.1) is 25.6 Å². The van der Waals surface area contributed by atoms with Gasteiger partial charge in [-0.25, -0.2) is 0 Å². The Balaban J connectivity index is 0.00000225. The Labute approximate surface area is 166 Å². The molecule has 2 fully saturated rings. The van der Waals surface area contributed by atoms with Crippen molar-refractivity contribution in [3.8, 4) is 16.9 Å². The summed E-state index contributed by atoms with van der Waals surface area (Å²) in [6.07, 6.45) is -0.834. The van der Waals surface area contributed by atoms with Gasteiger partial charge in [-0.3, -0.25) is 15.1 Å². The minimum atomic E-state index is -4.73. The van der Waals surface area contributed by atoms with Gasteiger partial charge in [-0.1, -0.05) is 12.1 Å². The maximum absolute atomic E-state index is 12.4. The van der Waals surface area contributed by atoms with E-state index >= 15 is 0 Å². The number of rotatable bonds is 3. The van der Waals surface area contributed by atoms with Crippen LogP contribution in [0.1, 0.15) is 31.0 Å². The lowest BCUT2D eigenvalue weighted by atomic mass is 9.96. The van der Waals surface area contributed by atoms with Crippen molar-refractivity contribution in [2.45, 2.75) is 37.2 Å². The predicted molar refractivity (Wildman–Crippen MR) is 99.1 cm³/mol.